The summed E-state index contributed by atoms with van der Waals surface area (Å²) in [6.07, 6.45) is -2.24. The van der Waals surface area contributed by atoms with E-state index < -0.39 is 12.8 Å². The molecule has 0 radical (unpaired) electrons. The number of benzene rings is 1. The highest BCUT2D eigenvalue weighted by Crippen LogP contribution is 2.24. The van der Waals surface area contributed by atoms with Crippen LogP contribution in [0.3, 0.4) is 0 Å². The van der Waals surface area contributed by atoms with Crippen LogP contribution < -0.4 is 4.74 Å². The van der Waals surface area contributed by atoms with E-state index in [0.717, 1.165) is 24.2 Å². The van der Waals surface area contributed by atoms with Gasteiger partial charge in [-0.2, -0.15) is 13.2 Å². The van der Waals surface area contributed by atoms with Crippen LogP contribution in [0.4, 0.5) is 13.2 Å². The van der Waals surface area contributed by atoms with E-state index in [0.29, 0.717) is 12.3 Å². The minimum atomic E-state index is -4.26. The number of ether oxygens (including phenoxy) is 2. The molecule has 0 N–H and O–H groups in total. The number of alkyl halides is 4. The normalized spacial score (nSPS) is 13.2. The Morgan fingerprint density at radius 1 is 1.24 bits per heavy atom. The maximum Gasteiger partial charge on any atom is 0.411 e. The summed E-state index contributed by atoms with van der Waals surface area (Å²) in [5.41, 5.74) is 1.06. The van der Waals surface area contributed by atoms with Gasteiger partial charge in [-0.1, -0.05) is 18.2 Å². The molecule has 1 aromatic rings. The van der Waals surface area contributed by atoms with Crippen molar-refractivity contribution in [2.24, 2.45) is 5.92 Å². The molecular formula is C15H20ClF3O2. The fourth-order valence-electron chi connectivity index (χ4n) is 2.08. The quantitative estimate of drug-likeness (QED) is 0.493. The van der Waals surface area contributed by atoms with E-state index in [-0.39, 0.29) is 12.5 Å². The summed E-state index contributed by atoms with van der Waals surface area (Å²) >= 11 is 5.94. The smallest absolute Gasteiger partial charge is 0.411 e. The molecule has 0 fully saturated rings. The van der Waals surface area contributed by atoms with Crippen molar-refractivity contribution >= 4 is 11.6 Å². The fourth-order valence-corrected chi connectivity index (χ4v) is 2.34. The van der Waals surface area contributed by atoms with E-state index in [1.54, 1.807) is 7.11 Å². The SMILES string of the molecule is COc1ccccc1CC(CCl)CCCOCC(F)(F)F. The monoisotopic (exact) mass is 324 g/mol. The van der Waals surface area contributed by atoms with Gasteiger partial charge in [-0.15, -0.1) is 11.6 Å². The van der Waals surface area contributed by atoms with Gasteiger partial charge in [0.1, 0.15) is 12.4 Å². The fraction of sp³-hybridized carbons (Fsp3) is 0.600. The first kappa shape index (κ1) is 18.1. The number of hydrogen-bond acceptors (Lipinski definition) is 2. The molecule has 0 aliphatic heterocycles. The molecule has 0 heterocycles. The molecule has 21 heavy (non-hydrogen) atoms. The van der Waals surface area contributed by atoms with E-state index in [1.807, 2.05) is 24.3 Å². The summed E-state index contributed by atoms with van der Waals surface area (Å²) in [6, 6.07) is 7.67. The van der Waals surface area contributed by atoms with Crippen LogP contribution in [0, 0.1) is 5.92 Å². The molecule has 0 saturated heterocycles. The lowest BCUT2D eigenvalue weighted by atomic mass is 9.96. The Bertz CT molecular complexity index is 410. The van der Waals surface area contributed by atoms with Crippen LogP contribution in [0.25, 0.3) is 0 Å². The minimum Gasteiger partial charge on any atom is -0.496 e. The lowest BCUT2D eigenvalue weighted by Crippen LogP contribution is -2.18. The Hall–Kier alpha value is -0.940. The maximum absolute atomic E-state index is 11.9. The van der Waals surface area contributed by atoms with Crippen molar-refractivity contribution in [3.63, 3.8) is 0 Å². The zero-order chi connectivity index (χ0) is 15.7. The Morgan fingerprint density at radius 3 is 2.57 bits per heavy atom. The Morgan fingerprint density at radius 2 is 1.95 bits per heavy atom. The van der Waals surface area contributed by atoms with Gasteiger partial charge in [-0.3, -0.25) is 0 Å². The molecule has 6 heteroatoms. The first-order valence-electron chi connectivity index (χ1n) is 6.78. The van der Waals surface area contributed by atoms with Crippen LogP contribution in [0.5, 0.6) is 5.75 Å². The topological polar surface area (TPSA) is 18.5 Å². The van der Waals surface area contributed by atoms with Crippen LogP contribution in [-0.2, 0) is 11.2 Å². The van der Waals surface area contributed by atoms with Gasteiger partial charge < -0.3 is 9.47 Å². The van der Waals surface area contributed by atoms with Crippen molar-refractivity contribution in [3.8, 4) is 5.75 Å². The van der Waals surface area contributed by atoms with Gasteiger partial charge in [0.25, 0.3) is 0 Å². The van der Waals surface area contributed by atoms with Crippen molar-refractivity contribution in [3.05, 3.63) is 29.8 Å². The van der Waals surface area contributed by atoms with Crippen molar-refractivity contribution in [1.29, 1.82) is 0 Å². The molecule has 0 aliphatic rings. The highest BCUT2D eigenvalue weighted by molar-refractivity contribution is 6.18. The summed E-state index contributed by atoms with van der Waals surface area (Å²) < 4.78 is 45.6. The summed E-state index contributed by atoms with van der Waals surface area (Å²) in [6.45, 7) is -1.09. The molecule has 1 rings (SSSR count). The zero-order valence-corrected chi connectivity index (χ0v) is 12.7. The Kier molecular flexibility index (Phi) is 7.89. The van der Waals surface area contributed by atoms with Gasteiger partial charge in [-0.25, -0.2) is 0 Å². The van der Waals surface area contributed by atoms with Crippen molar-refractivity contribution in [2.45, 2.75) is 25.4 Å². The molecule has 1 unspecified atom stereocenters. The summed E-state index contributed by atoms with van der Waals surface area (Å²) in [7, 11) is 1.61. The number of para-hydroxylation sites is 1. The molecule has 0 bridgehead atoms. The predicted octanol–water partition coefficient (Wildman–Crippen LogP) is 4.45. The molecule has 1 aromatic carbocycles. The Balaban J connectivity index is 2.35. The highest BCUT2D eigenvalue weighted by atomic mass is 35.5. The van der Waals surface area contributed by atoms with Crippen LogP contribution in [0.1, 0.15) is 18.4 Å². The molecular weight excluding hydrogens is 305 g/mol. The Labute approximate surface area is 128 Å². The summed E-state index contributed by atoms with van der Waals surface area (Å²) in [4.78, 5) is 0. The standard InChI is InChI=1S/C15H20ClF3O2/c1-20-14-7-3-2-6-13(14)9-12(10-16)5-4-8-21-11-15(17,18)19/h2-3,6-7,12H,4-5,8-11H2,1H3. The number of rotatable bonds is 9. The van der Waals surface area contributed by atoms with Crippen molar-refractivity contribution in [1.82, 2.24) is 0 Å². The summed E-state index contributed by atoms with van der Waals surface area (Å²) in [5, 5.41) is 0. The molecule has 120 valence electrons. The van der Waals surface area contributed by atoms with Crippen LogP contribution in [0.15, 0.2) is 24.3 Å². The summed E-state index contributed by atoms with van der Waals surface area (Å²) in [5.74, 6) is 1.45. The molecule has 2 nitrogen and oxygen atoms in total. The second-order valence-corrected chi connectivity index (χ2v) is 5.15. The van der Waals surface area contributed by atoms with Crippen LogP contribution in [0.2, 0.25) is 0 Å². The van der Waals surface area contributed by atoms with Gasteiger partial charge in [0.15, 0.2) is 0 Å². The first-order valence-corrected chi connectivity index (χ1v) is 7.32. The second kappa shape index (κ2) is 9.15. The van der Waals surface area contributed by atoms with Crippen molar-refractivity contribution in [2.75, 3.05) is 26.2 Å². The van der Waals surface area contributed by atoms with E-state index in [2.05, 4.69) is 4.74 Å². The van der Waals surface area contributed by atoms with Gasteiger partial charge >= 0.3 is 6.18 Å². The molecule has 0 aliphatic carbocycles. The third kappa shape index (κ3) is 7.58. The zero-order valence-electron chi connectivity index (χ0n) is 12.0. The molecule has 0 amide bonds. The second-order valence-electron chi connectivity index (χ2n) is 4.85. The third-order valence-corrected chi connectivity index (χ3v) is 3.52. The van der Waals surface area contributed by atoms with E-state index >= 15 is 0 Å². The van der Waals surface area contributed by atoms with Crippen molar-refractivity contribution < 1.29 is 22.6 Å². The van der Waals surface area contributed by atoms with Gasteiger partial charge in [-0.05, 0) is 36.8 Å². The minimum absolute atomic E-state index is 0.0961. The van der Waals surface area contributed by atoms with E-state index in [9.17, 15) is 13.2 Å². The highest BCUT2D eigenvalue weighted by Gasteiger charge is 2.27. The number of hydrogen-bond donors (Lipinski definition) is 0. The lowest BCUT2D eigenvalue weighted by Gasteiger charge is -2.16. The molecule has 0 spiro atoms. The number of methoxy groups -OCH3 is 1. The predicted molar refractivity (Wildman–Crippen MR) is 77.0 cm³/mol. The molecule has 1 atom stereocenters. The lowest BCUT2D eigenvalue weighted by molar-refractivity contribution is -0.174. The average molecular weight is 325 g/mol. The maximum atomic E-state index is 11.9. The molecule has 0 aromatic heterocycles. The largest absolute Gasteiger partial charge is 0.496 e. The number of halogens is 4. The van der Waals surface area contributed by atoms with Gasteiger partial charge in [0, 0.05) is 12.5 Å². The first-order chi connectivity index (χ1) is 9.96. The van der Waals surface area contributed by atoms with Crippen LogP contribution >= 0.6 is 11.6 Å². The van der Waals surface area contributed by atoms with E-state index in [1.165, 1.54) is 0 Å². The van der Waals surface area contributed by atoms with E-state index in [4.69, 9.17) is 16.3 Å². The van der Waals surface area contributed by atoms with Gasteiger partial charge in [0.2, 0.25) is 0 Å². The van der Waals surface area contributed by atoms with Gasteiger partial charge in [0.05, 0.1) is 7.11 Å². The molecule has 0 saturated carbocycles. The third-order valence-electron chi connectivity index (χ3n) is 3.09. The average Bonchev–Trinajstić information content (AvgIpc) is 2.45. The van der Waals surface area contributed by atoms with Crippen LogP contribution in [-0.4, -0.2) is 32.4 Å².